The molecular weight excluding hydrogens is 462 g/mol. The molecule has 9 nitrogen and oxygen atoms in total. The van der Waals surface area contributed by atoms with Crippen LogP contribution < -0.4 is 16.0 Å². The van der Waals surface area contributed by atoms with Crippen LogP contribution in [0.1, 0.15) is 99.4 Å². The van der Waals surface area contributed by atoms with E-state index in [4.69, 9.17) is 14.2 Å². The van der Waals surface area contributed by atoms with E-state index in [1.54, 1.807) is 0 Å². The maximum absolute atomic E-state index is 11.2. The summed E-state index contributed by atoms with van der Waals surface area (Å²) >= 11 is 0. The molecule has 0 fully saturated rings. The van der Waals surface area contributed by atoms with Gasteiger partial charge in [-0.2, -0.15) is 0 Å². The Hall–Kier alpha value is -1.71. The summed E-state index contributed by atoms with van der Waals surface area (Å²) in [5, 5.41) is 8.38. The third-order valence-corrected chi connectivity index (χ3v) is 4.43. The van der Waals surface area contributed by atoms with Crippen molar-refractivity contribution < 1.29 is 28.6 Å². The molecule has 0 aliphatic carbocycles. The first-order valence-electron chi connectivity index (χ1n) is 10.5. The van der Waals surface area contributed by atoms with Crippen molar-refractivity contribution in [2.24, 2.45) is 5.41 Å². The van der Waals surface area contributed by atoms with Gasteiger partial charge in [0.15, 0.2) is 0 Å². The molecule has 0 saturated heterocycles. The van der Waals surface area contributed by atoms with Crippen LogP contribution in [0.15, 0.2) is 0 Å². The predicted octanol–water partition coefficient (Wildman–Crippen LogP) is 4.82. The van der Waals surface area contributed by atoms with Gasteiger partial charge in [-0.1, -0.05) is 51.5 Å². The number of hydrogen-bond donors (Lipinski definition) is 3. The lowest BCUT2D eigenvalue weighted by Gasteiger charge is -2.33. The van der Waals surface area contributed by atoms with Crippen molar-refractivity contribution >= 4 is 17.7 Å². The van der Waals surface area contributed by atoms with Crippen molar-refractivity contribution in [3.63, 3.8) is 0 Å². The molecule has 9 heteroatoms. The molecule has 0 radical (unpaired) electrons. The van der Waals surface area contributed by atoms with Gasteiger partial charge in [0, 0.05) is 44.3 Å². The third-order valence-electron chi connectivity index (χ3n) is 4.43. The molecule has 0 aliphatic heterocycles. The number of nitrogens with one attached hydrogen (secondary N) is 3. The molecule has 3 amide bonds. The van der Waals surface area contributed by atoms with Crippen LogP contribution in [-0.2, 0) is 28.6 Å². The van der Waals surface area contributed by atoms with Crippen LogP contribution in [0.25, 0.3) is 0 Å². The Balaban J connectivity index is -0.000000280. The highest BCUT2D eigenvalue weighted by atomic mass is 16.5. The molecule has 0 aromatic carbocycles. The fraction of sp³-hybridized carbons (Fsp3) is 0.889. The summed E-state index contributed by atoms with van der Waals surface area (Å²) in [6.07, 6.45) is 0.755. The molecule has 0 spiro atoms. The van der Waals surface area contributed by atoms with Gasteiger partial charge >= 0.3 is 0 Å². The van der Waals surface area contributed by atoms with E-state index >= 15 is 0 Å². The SMILES string of the molecule is C.C.C.C.C.C.CCC(COCC(C)NC(C)=O)(COCC(C)NC(C)=O)COCC(C)NC(C)=O. The van der Waals surface area contributed by atoms with Crippen molar-refractivity contribution in [2.45, 2.75) is 118 Å². The molecule has 0 aliphatic rings. The number of amides is 3. The number of ether oxygens (including phenoxy) is 3. The average molecular weight is 528 g/mol. The van der Waals surface area contributed by atoms with Gasteiger partial charge < -0.3 is 30.2 Å². The molecular formula is C27H65N3O6. The van der Waals surface area contributed by atoms with Gasteiger partial charge in [0.05, 0.1) is 39.6 Å². The van der Waals surface area contributed by atoms with Gasteiger partial charge in [0.2, 0.25) is 17.7 Å². The number of hydrogen-bond acceptors (Lipinski definition) is 6. The van der Waals surface area contributed by atoms with Crippen molar-refractivity contribution in [3.05, 3.63) is 0 Å². The molecule has 0 rings (SSSR count). The van der Waals surface area contributed by atoms with Gasteiger partial charge in [-0.3, -0.25) is 14.4 Å². The Labute approximate surface area is 225 Å². The van der Waals surface area contributed by atoms with Crippen LogP contribution in [0.5, 0.6) is 0 Å². The van der Waals surface area contributed by atoms with Crippen LogP contribution in [0.2, 0.25) is 0 Å². The first kappa shape index (κ1) is 51.0. The highest BCUT2D eigenvalue weighted by Gasteiger charge is 2.30. The van der Waals surface area contributed by atoms with Crippen molar-refractivity contribution in [1.29, 1.82) is 0 Å². The second-order valence-corrected chi connectivity index (χ2v) is 8.20. The molecule has 0 aromatic heterocycles. The van der Waals surface area contributed by atoms with Gasteiger partial charge in [-0.05, 0) is 27.2 Å². The lowest BCUT2D eigenvalue weighted by atomic mass is 9.88. The minimum absolute atomic E-state index is 0. The van der Waals surface area contributed by atoms with Crippen LogP contribution in [0, 0.1) is 5.41 Å². The predicted molar refractivity (Wildman–Crippen MR) is 155 cm³/mol. The summed E-state index contributed by atoms with van der Waals surface area (Å²) in [6.45, 7) is 14.4. The van der Waals surface area contributed by atoms with E-state index in [1.165, 1.54) is 20.8 Å². The van der Waals surface area contributed by atoms with Crippen LogP contribution >= 0.6 is 0 Å². The number of rotatable bonds is 16. The molecule has 3 atom stereocenters. The average Bonchev–Trinajstić information content (AvgIpc) is 2.59. The monoisotopic (exact) mass is 527 g/mol. The molecule has 224 valence electrons. The fourth-order valence-electron chi connectivity index (χ4n) is 2.95. The maximum Gasteiger partial charge on any atom is 0.217 e. The molecule has 0 heterocycles. The van der Waals surface area contributed by atoms with Crippen LogP contribution in [0.4, 0.5) is 0 Å². The summed E-state index contributed by atoms with van der Waals surface area (Å²) in [4.78, 5) is 33.5. The van der Waals surface area contributed by atoms with Crippen LogP contribution in [-0.4, -0.2) is 75.5 Å². The van der Waals surface area contributed by atoms with Crippen molar-refractivity contribution in [2.75, 3.05) is 39.6 Å². The minimum atomic E-state index is -0.387. The topological polar surface area (TPSA) is 115 Å². The fourth-order valence-corrected chi connectivity index (χ4v) is 2.95. The van der Waals surface area contributed by atoms with E-state index < -0.39 is 0 Å². The number of carbonyl (C=O) groups excluding carboxylic acids is 3. The molecule has 0 aromatic rings. The summed E-state index contributed by atoms with van der Waals surface area (Å²) in [5.74, 6) is -0.296. The van der Waals surface area contributed by atoms with Gasteiger partial charge in [-0.15, -0.1) is 0 Å². The van der Waals surface area contributed by atoms with Gasteiger partial charge in [-0.25, -0.2) is 0 Å². The van der Waals surface area contributed by atoms with E-state index in [-0.39, 0.29) is 85.8 Å². The Morgan fingerprint density at radius 2 is 0.806 bits per heavy atom. The largest absolute Gasteiger partial charge is 0.379 e. The smallest absolute Gasteiger partial charge is 0.217 e. The van der Waals surface area contributed by atoms with E-state index in [2.05, 4.69) is 16.0 Å². The Morgan fingerprint density at radius 1 is 0.583 bits per heavy atom. The first-order valence-corrected chi connectivity index (χ1v) is 10.5. The summed E-state index contributed by atoms with van der Waals surface area (Å²) in [7, 11) is 0. The zero-order valence-corrected chi connectivity index (χ0v) is 19.6. The molecule has 0 saturated carbocycles. The molecule has 3 unspecified atom stereocenters. The van der Waals surface area contributed by atoms with Crippen molar-refractivity contribution in [3.8, 4) is 0 Å². The minimum Gasteiger partial charge on any atom is -0.379 e. The second-order valence-electron chi connectivity index (χ2n) is 8.20. The van der Waals surface area contributed by atoms with E-state index in [1.807, 2.05) is 27.7 Å². The normalized spacial score (nSPS) is 13.4. The second kappa shape index (κ2) is 27.9. The zero-order chi connectivity index (χ0) is 23.2. The van der Waals surface area contributed by atoms with Crippen LogP contribution in [0.3, 0.4) is 0 Å². The molecule has 36 heavy (non-hydrogen) atoms. The quantitative estimate of drug-likeness (QED) is 0.265. The lowest BCUT2D eigenvalue weighted by molar-refractivity contribution is -0.120. The lowest BCUT2D eigenvalue weighted by Crippen LogP contribution is -2.42. The van der Waals surface area contributed by atoms with E-state index in [0.29, 0.717) is 39.6 Å². The molecule has 0 bridgehead atoms. The highest BCUT2D eigenvalue weighted by Crippen LogP contribution is 2.24. The Kier molecular flexibility index (Phi) is 39.5. The third kappa shape index (κ3) is 26.9. The molecule has 3 N–H and O–H groups in total. The number of carbonyl (C=O) groups is 3. The first-order chi connectivity index (χ1) is 14.0. The maximum atomic E-state index is 11.2. The van der Waals surface area contributed by atoms with E-state index in [0.717, 1.165) is 6.42 Å². The summed E-state index contributed by atoms with van der Waals surface area (Å²) < 4.78 is 17.6. The summed E-state index contributed by atoms with van der Waals surface area (Å²) in [6, 6.07) is -0.296. The highest BCUT2D eigenvalue weighted by molar-refractivity contribution is 5.73. The zero-order valence-electron chi connectivity index (χ0n) is 19.6. The van der Waals surface area contributed by atoms with Crippen molar-refractivity contribution in [1.82, 2.24) is 16.0 Å². The standard InChI is InChI=1S/C21H41N3O6.6CH4/c1-8-21(12-28-9-15(2)22-18(5)25,13-29-10-16(3)23-19(6)26)14-30-11-17(4)24-20(7)27;;;;;;/h15-17H,8-14H2,1-7H3,(H,22,25)(H,23,26)(H,24,27);6*1H4. The Morgan fingerprint density at radius 3 is 0.972 bits per heavy atom. The Bertz CT molecular complexity index is 462. The van der Waals surface area contributed by atoms with E-state index in [9.17, 15) is 14.4 Å². The summed E-state index contributed by atoms with van der Waals surface area (Å²) in [5.41, 5.74) is -0.387. The van der Waals surface area contributed by atoms with Gasteiger partial charge in [0.25, 0.3) is 0 Å². The van der Waals surface area contributed by atoms with Gasteiger partial charge in [0.1, 0.15) is 0 Å².